The molecule has 0 aliphatic rings. The Labute approximate surface area is 157 Å². The predicted molar refractivity (Wildman–Crippen MR) is 96.0 cm³/mol. The first-order chi connectivity index (χ1) is 12.3. The maximum atomic E-state index is 11.3. The summed E-state index contributed by atoms with van der Waals surface area (Å²) in [5.41, 5.74) is 1.73. The van der Waals surface area contributed by atoms with Crippen LogP contribution in [0.4, 0.5) is 0 Å². The summed E-state index contributed by atoms with van der Waals surface area (Å²) in [7, 11) is 0. The molecule has 26 heavy (non-hydrogen) atoms. The van der Waals surface area contributed by atoms with Gasteiger partial charge in [-0.2, -0.15) is 4.73 Å². The van der Waals surface area contributed by atoms with Gasteiger partial charge < -0.3 is 14.7 Å². The van der Waals surface area contributed by atoms with Crippen molar-refractivity contribution in [3.8, 4) is 0 Å². The van der Waals surface area contributed by atoms with Crippen molar-refractivity contribution in [2.45, 2.75) is 27.7 Å². The lowest BCUT2D eigenvalue weighted by atomic mass is 10.2. The van der Waals surface area contributed by atoms with Crippen molar-refractivity contribution < 1.29 is 23.8 Å². The molecule has 0 spiro atoms. The Balaban J connectivity index is 0.000000260. The van der Waals surface area contributed by atoms with Gasteiger partial charge in [-0.25, -0.2) is 14.6 Å². The molecule has 0 atom stereocenters. The maximum absolute atomic E-state index is 11.3. The number of halogens is 1. The van der Waals surface area contributed by atoms with E-state index in [0.717, 1.165) is 5.56 Å². The van der Waals surface area contributed by atoms with E-state index in [9.17, 15) is 14.8 Å². The zero-order valence-corrected chi connectivity index (χ0v) is 15.9. The fraction of sp³-hybridized carbons (Fsp3) is 0.333. The molecule has 0 saturated heterocycles. The van der Waals surface area contributed by atoms with Crippen LogP contribution in [0.5, 0.6) is 0 Å². The second-order valence-electron chi connectivity index (χ2n) is 5.11. The van der Waals surface area contributed by atoms with Crippen molar-refractivity contribution in [2.24, 2.45) is 0 Å². The van der Waals surface area contributed by atoms with Crippen LogP contribution in [-0.4, -0.2) is 30.1 Å². The molecule has 0 aliphatic heterocycles. The van der Waals surface area contributed by atoms with Crippen LogP contribution < -0.4 is 4.73 Å². The minimum Gasteiger partial charge on any atom is -0.618 e. The van der Waals surface area contributed by atoms with Crippen LogP contribution in [0.15, 0.2) is 30.5 Å². The number of aromatic nitrogens is 2. The Morgan fingerprint density at radius 3 is 2.27 bits per heavy atom. The Hall–Kier alpha value is -2.67. The Bertz CT molecular complexity index is 760. The van der Waals surface area contributed by atoms with Gasteiger partial charge in [0.05, 0.1) is 13.2 Å². The highest BCUT2D eigenvalue weighted by atomic mass is 35.5. The summed E-state index contributed by atoms with van der Waals surface area (Å²) in [5.74, 6) is -1.00. The lowest BCUT2D eigenvalue weighted by molar-refractivity contribution is -0.608. The molecule has 7 nitrogen and oxygen atoms in total. The Morgan fingerprint density at radius 2 is 1.69 bits per heavy atom. The number of nitrogens with zero attached hydrogens (tertiary/aromatic N) is 2. The number of carbonyl (C=O) groups is 2. The van der Waals surface area contributed by atoms with Gasteiger partial charge >= 0.3 is 17.6 Å². The van der Waals surface area contributed by atoms with Crippen LogP contribution in [0.25, 0.3) is 0 Å². The van der Waals surface area contributed by atoms with E-state index in [2.05, 4.69) is 4.98 Å². The number of rotatable bonds is 4. The fourth-order valence-electron chi connectivity index (χ4n) is 1.95. The molecule has 2 aromatic rings. The van der Waals surface area contributed by atoms with Gasteiger partial charge in [-0.15, -0.1) is 0 Å². The molecule has 0 amide bonds. The van der Waals surface area contributed by atoms with Crippen LogP contribution >= 0.6 is 11.6 Å². The number of hydrogen-bond acceptors (Lipinski definition) is 6. The van der Waals surface area contributed by atoms with Gasteiger partial charge in [0.15, 0.2) is 11.9 Å². The fourth-order valence-corrected chi connectivity index (χ4v) is 2.10. The van der Waals surface area contributed by atoms with Crippen LogP contribution in [0.3, 0.4) is 0 Å². The number of aryl methyl sites for hydroxylation is 2. The normalized spacial score (nSPS) is 9.73. The molecule has 2 rings (SSSR count). The van der Waals surface area contributed by atoms with Crippen molar-refractivity contribution in [3.63, 3.8) is 0 Å². The third kappa shape index (κ3) is 6.00. The van der Waals surface area contributed by atoms with E-state index < -0.39 is 11.9 Å². The first kappa shape index (κ1) is 21.4. The quantitative estimate of drug-likeness (QED) is 0.350. The highest BCUT2D eigenvalue weighted by Crippen LogP contribution is 2.11. The van der Waals surface area contributed by atoms with E-state index in [1.54, 1.807) is 52.0 Å². The van der Waals surface area contributed by atoms with Gasteiger partial charge in [0.25, 0.3) is 0 Å². The minimum absolute atomic E-state index is 0.0596. The van der Waals surface area contributed by atoms with Crippen LogP contribution in [0.2, 0.25) is 5.15 Å². The number of esters is 2. The summed E-state index contributed by atoms with van der Waals surface area (Å²) in [6, 6.07) is 6.66. The molecule has 0 saturated carbocycles. The Kier molecular flexibility index (Phi) is 8.51. The smallest absolute Gasteiger partial charge is 0.405 e. The van der Waals surface area contributed by atoms with Crippen LogP contribution in [-0.2, 0) is 9.47 Å². The van der Waals surface area contributed by atoms with E-state index in [4.69, 9.17) is 21.1 Å². The highest BCUT2D eigenvalue weighted by Gasteiger charge is 2.19. The van der Waals surface area contributed by atoms with E-state index in [1.807, 2.05) is 0 Å². The average molecular weight is 381 g/mol. The molecule has 140 valence electrons. The topological polar surface area (TPSA) is 92.4 Å². The van der Waals surface area contributed by atoms with Gasteiger partial charge in [0.1, 0.15) is 5.15 Å². The lowest BCUT2D eigenvalue weighted by Gasteiger charge is -2.05. The van der Waals surface area contributed by atoms with Gasteiger partial charge in [0, 0.05) is 11.6 Å². The zero-order valence-electron chi connectivity index (χ0n) is 15.1. The number of hydrogen-bond donors (Lipinski definition) is 0. The summed E-state index contributed by atoms with van der Waals surface area (Å²) in [6.45, 7) is 7.54. The van der Waals surface area contributed by atoms with Gasteiger partial charge in [0.2, 0.25) is 0 Å². The average Bonchev–Trinajstić information content (AvgIpc) is 2.58. The molecule has 0 fully saturated rings. The molecule has 8 heteroatoms. The van der Waals surface area contributed by atoms with Crippen LogP contribution in [0.1, 0.15) is 46.0 Å². The van der Waals surface area contributed by atoms with Gasteiger partial charge in [-0.3, -0.25) is 0 Å². The number of ether oxygens (including phenoxy) is 2. The molecule has 0 aromatic carbocycles. The minimum atomic E-state index is -0.574. The third-order valence-corrected chi connectivity index (χ3v) is 3.37. The molecular weight excluding hydrogens is 360 g/mol. The summed E-state index contributed by atoms with van der Waals surface area (Å²) in [4.78, 5) is 26.4. The van der Waals surface area contributed by atoms with E-state index in [-0.39, 0.29) is 18.0 Å². The lowest BCUT2D eigenvalue weighted by Crippen LogP contribution is -2.35. The number of pyridine rings is 2. The largest absolute Gasteiger partial charge is 0.618 e. The summed E-state index contributed by atoms with van der Waals surface area (Å²) in [6.07, 6.45) is 1.28. The van der Waals surface area contributed by atoms with Crippen molar-refractivity contribution in [2.75, 3.05) is 13.2 Å². The molecule has 2 aromatic heterocycles. The number of carbonyl (C=O) groups excluding carboxylic acids is 2. The summed E-state index contributed by atoms with van der Waals surface area (Å²) >= 11 is 5.64. The van der Waals surface area contributed by atoms with Crippen LogP contribution in [0, 0.1) is 19.1 Å². The van der Waals surface area contributed by atoms with E-state index in [0.29, 0.717) is 22.1 Å². The van der Waals surface area contributed by atoms with E-state index >= 15 is 0 Å². The summed E-state index contributed by atoms with van der Waals surface area (Å²) in [5, 5.41) is 11.5. The molecule has 0 N–H and O–H groups in total. The SMILES string of the molecule is CCOC(=O)c1c(C)ccc[n+]1[O-].CCOC(=O)c1nc(Cl)ccc1C. The molecule has 2 heterocycles. The predicted octanol–water partition coefficient (Wildman–Crippen LogP) is 3.03. The van der Waals surface area contributed by atoms with Gasteiger partial charge in [-0.05, 0) is 45.4 Å². The molecular formula is C18H21ClN2O5. The Morgan fingerprint density at radius 1 is 1.08 bits per heavy atom. The van der Waals surface area contributed by atoms with Gasteiger partial charge in [-0.1, -0.05) is 17.7 Å². The molecule has 0 unspecified atom stereocenters. The zero-order chi connectivity index (χ0) is 19.7. The van der Waals surface area contributed by atoms with Crippen molar-refractivity contribution >= 4 is 23.5 Å². The maximum Gasteiger partial charge on any atom is 0.405 e. The standard InChI is InChI=1S/C9H10ClNO2.C9H11NO3/c1-3-13-9(12)8-6(2)4-5-7(10)11-8;1-3-13-9(11)8-7(2)5-4-6-10(8)12/h4-5H,3H2,1-2H3;4-6H,3H2,1-2H3. The molecule has 0 bridgehead atoms. The van der Waals surface area contributed by atoms with Crippen molar-refractivity contribution in [3.05, 3.63) is 63.3 Å². The van der Waals surface area contributed by atoms with Crippen molar-refractivity contribution in [1.29, 1.82) is 0 Å². The molecule has 0 radical (unpaired) electrons. The second kappa shape index (κ2) is 10.4. The first-order valence-electron chi connectivity index (χ1n) is 7.97. The van der Waals surface area contributed by atoms with E-state index in [1.165, 1.54) is 6.20 Å². The highest BCUT2D eigenvalue weighted by molar-refractivity contribution is 6.29. The summed E-state index contributed by atoms with van der Waals surface area (Å²) < 4.78 is 10.1. The first-order valence-corrected chi connectivity index (χ1v) is 8.35. The second-order valence-corrected chi connectivity index (χ2v) is 5.49. The monoisotopic (exact) mass is 380 g/mol. The third-order valence-electron chi connectivity index (χ3n) is 3.16. The van der Waals surface area contributed by atoms with Crippen molar-refractivity contribution in [1.82, 2.24) is 4.98 Å². The molecule has 0 aliphatic carbocycles.